The number of benzene rings is 2. The van der Waals surface area contributed by atoms with E-state index in [1.54, 1.807) is 12.1 Å². The number of rotatable bonds is 6. The van der Waals surface area contributed by atoms with Crippen molar-refractivity contribution < 1.29 is 18.9 Å². The Morgan fingerprint density at radius 3 is 2.32 bits per heavy atom. The van der Waals surface area contributed by atoms with Crippen molar-refractivity contribution in [1.82, 2.24) is 0 Å². The quantitative estimate of drug-likeness (QED) is 0.830. The molecule has 6 heteroatoms. The SMILES string of the molecule is Cc1cc(C)c(NC(=O)CS(=O)Cc2cccc(C(=O)O)c2)c(C)c1. The number of carboxylic acids is 1. The third-order valence-corrected chi connectivity index (χ3v) is 4.97. The van der Waals surface area contributed by atoms with Crippen molar-refractivity contribution in [3.05, 3.63) is 64.2 Å². The Kier molecular flexibility index (Phi) is 6.09. The van der Waals surface area contributed by atoms with E-state index in [1.807, 2.05) is 32.9 Å². The van der Waals surface area contributed by atoms with Crippen molar-refractivity contribution >= 4 is 28.4 Å². The molecule has 2 N–H and O–H groups in total. The van der Waals surface area contributed by atoms with Gasteiger partial charge in [0.1, 0.15) is 5.75 Å². The lowest BCUT2D eigenvalue weighted by molar-refractivity contribution is -0.113. The molecule has 1 amide bonds. The number of nitrogens with one attached hydrogen (secondary N) is 1. The highest BCUT2D eigenvalue weighted by atomic mass is 32.2. The van der Waals surface area contributed by atoms with Crippen molar-refractivity contribution in [1.29, 1.82) is 0 Å². The molecule has 0 spiro atoms. The van der Waals surface area contributed by atoms with Gasteiger partial charge >= 0.3 is 5.97 Å². The summed E-state index contributed by atoms with van der Waals surface area (Å²) >= 11 is 0. The summed E-state index contributed by atoms with van der Waals surface area (Å²) in [6, 6.07) is 10.2. The third-order valence-electron chi connectivity index (χ3n) is 3.74. The second-order valence-electron chi connectivity index (χ2n) is 6.06. The first-order chi connectivity index (χ1) is 11.8. The van der Waals surface area contributed by atoms with Crippen molar-refractivity contribution in [2.24, 2.45) is 0 Å². The molecule has 0 radical (unpaired) electrons. The molecule has 132 valence electrons. The smallest absolute Gasteiger partial charge is 0.335 e. The van der Waals surface area contributed by atoms with Crippen LogP contribution in [0.4, 0.5) is 5.69 Å². The maximum atomic E-state index is 12.2. The Balaban J connectivity index is 2.00. The fourth-order valence-corrected chi connectivity index (χ4v) is 3.75. The maximum Gasteiger partial charge on any atom is 0.335 e. The number of hydrogen-bond donors (Lipinski definition) is 2. The largest absolute Gasteiger partial charge is 0.478 e. The molecule has 0 heterocycles. The van der Waals surface area contributed by atoms with Crippen LogP contribution < -0.4 is 5.32 Å². The molecule has 1 atom stereocenters. The van der Waals surface area contributed by atoms with E-state index in [0.717, 1.165) is 22.4 Å². The molecular formula is C19H21NO4S. The van der Waals surface area contributed by atoms with Gasteiger partial charge in [0.25, 0.3) is 0 Å². The molecule has 0 saturated heterocycles. The van der Waals surface area contributed by atoms with Crippen molar-refractivity contribution in [3.8, 4) is 0 Å². The second-order valence-corrected chi connectivity index (χ2v) is 7.51. The lowest BCUT2D eigenvalue weighted by Crippen LogP contribution is -2.21. The number of carboxylic acid groups (broad SMARTS) is 1. The molecule has 0 bridgehead atoms. The van der Waals surface area contributed by atoms with Crippen LogP contribution in [0.1, 0.15) is 32.6 Å². The van der Waals surface area contributed by atoms with Gasteiger partial charge in [-0.05, 0) is 49.6 Å². The second kappa shape index (κ2) is 8.07. The van der Waals surface area contributed by atoms with Gasteiger partial charge < -0.3 is 10.4 Å². The number of hydrogen-bond acceptors (Lipinski definition) is 3. The van der Waals surface area contributed by atoms with E-state index in [1.165, 1.54) is 12.1 Å². The minimum absolute atomic E-state index is 0.135. The van der Waals surface area contributed by atoms with Gasteiger partial charge in [-0.15, -0.1) is 0 Å². The van der Waals surface area contributed by atoms with E-state index < -0.39 is 16.8 Å². The number of aryl methyl sites for hydroxylation is 3. The Bertz CT molecular complexity index is 822. The number of amides is 1. The molecular weight excluding hydrogens is 338 g/mol. The lowest BCUT2D eigenvalue weighted by Gasteiger charge is -2.12. The fraction of sp³-hybridized carbons (Fsp3) is 0.263. The van der Waals surface area contributed by atoms with Gasteiger partial charge in [-0.2, -0.15) is 0 Å². The Morgan fingerprint density at radius 2 is 1.72 bits per heavy atom. The number of aromatic carboxylic acids is 1. The molecule has 2 rings (SSSR count). The predicted octanol–water partition coefficient (Wildman–Crippen LogP) is 3.20. The molecule has 0 saturated carbocycles. The molecule has 5 nitrogen and oxygen atoms in total. The molecule has 0 aliphatic rings. The topological polar surface area (TPSA) is 83.5 Å². The average molecular weight is 359 g/mol. The summed E-state index contributed by atoms with van der Waals surface area (Å²) in [5.74, 6) is -1.34. The zero-order valence-electron chi connectivity index (χ0n) is 14.5. The highest BCUT2D eigenvalue weighted by Gasteiger charge is 2.13. The van der Waals surface area contributed by atoms with E-state index >= 15 is 0 Å². The van der Waals surface area contributed by atoms with Crippen LogP contribution in [0, 0.1) is 20.8 Å². The van der Waals surface area contributed by atoms with Crippen LogP contribution in [0.15, 0.2) is 36.4 Å². The van der Waals surface area contributed by atoms with E-state index in [9.17, 15) is 13.8 Å². The van der Waals surface area contributed by atoms with Crippen LogP contribution in [0.3, 0.4) is 0 Å². The van der Waals surface area contributed by atoms with Crippen molar-refractivity contribution in [2.45, 2.75) is 26.5 Å². The minimum Gasteiger partial charge on any atom is -0.478 e. The first kappa shape index (κ1) is 18.9. The van der Waals surface area contributed by atoms with Gasteiger partial charge in [0.15, 0.2) is 0 Å². The molecule has 0 aliphatic heterocycles. The molecule has 0 aromatic heterocycles. The number of anilines is 1. The predicted molar refractivity (Wildman–Crippen MR) is 99.4 cm³/mol. The number of carbonyl (C=O) groups is 2. The molecule has 0 aliphatic carbocycles. The summed E-state index contributed by atoms with van der Waals surface area (Å²) < 4.78 is 12.2. The molecule has 2 aromatic carbocycles. The van der Waals surface area contributed by atoms with Crippen LogP contribution in [-0.4, -0.2) is 26.9 Å². The maximum absolute atomic E-state index is 12.2. The summed E-state index contributed by atoms with van der Waals surface area (Å²) in [5, 5.41) is 11.8. The van der Waals surface area contributed by atoms with Gasteiger partial charge in [0.2, 0.25) is 5.91 Å². The summed E-state index contributed by atoms with van der Waals surface area (Å²) in [4.78, 5) is 23.1. The highest BCUT2D eigenvalue weighted by molar-refractivity contribution is 7.84. The summed E-state index contributed by atoms with van der Waals surface area (Å²) in [6.45, 7) is 5.83. The van der Waals surface area contributed by atoms with Crippen molar-refractivity contribution in [2.75, 3.05) is 11.1 Å². The van der Waals surface area contributed by atoms with Crippen LogP contribution in [0.5, 0.6) is 0 Å². The first-order valence-corrected chi connectivity index (χ1v) is 9.30. The first-order valence-electron chi connectivity index (χ1n) is 7.81. The van der Waals surface area contributed by atoms with Gasteiger partial charge in [-0.1, -0.05) is 29.8 Å². The van der Waals surface area contributed by atoms with Crippen LogP contribution >= 0.6 is 0 Å². The van der Waals surface area contributed by atoms with E-state index in [-0.39, 0.29) is 23.0 Å². The zero-order chi connectivity index (χ0) is 18.6. The van der Waals surface area contributed by atoms with Gasteiger partial charge in [-0.3, -0.25) is 9.00 Å². The molecule has 1 unspecified atom stereocenters. The van der Waals surface area contributed by atoms with E-state index in [0.29, 0.717) is 5.56 Å². The fourth-order valence-electron chi connectivity index (χ4n) is 2.73. The Hall–Kier alpha value is -2.47. The Labute approximate surface area is 149 Å². The van der Waals surface area contributed by atoms with Crippen LogP contribution in [-0.2, 0) is 21.3 Å². The monoisotopic (exact) mass is 359 g/mol. The molecule has 0 fully saturated rings. The highest BCUT2D eigenvalue weighted by Crippen LogP contribution is 2.21. The minimum atomic E-state index is -1.42. The lowest BCUT2D eigenvalue weighted by atomic mass is 10.1. The normalized spacial score (nSPS) is 11.8. The summed E-state index contributed by atoms with van der Waals surface area (Å²) in [7, 11) is -1.42. The van der Waals surface area contributed by atoms with E-state index in [4.69, 9.17) is 5.11 Å². The standard InChI is InChI=1S/C19H21NO4S/c1-12-7-13(2)18(14(3)8-12)20-17(21)11-25(24)10-15-5-4-6-16(9-15)19(22)23/h4-9H,10-11H2,1-3H3,(H,20,21)(H,22,23). The van der Waals surface area contributed by atoms with Gasteiger partial charge in [0.05, 0.1) is 5.56 Å². The summed E-state index contributed by atoms with van der Waals surface area (Å²) in [6.07, 6.45) is 0. The van der Waals surface area contributed by atoms with Crippen LogP contribution in [0.2, 0.25) is 0 Å². The average Bonchev–Trinajstić information content (AvgIpc) is 2.50. The van der Waals surface area contributed by atoms with Crippen molar-refractivity contribution in [3.63, 3.8) is 0 Å². The summed E-state index contributed by atoms with van der Waals surface area (Å²) in [5.41, 5.74) is 4.57. The zero-order valence-corrected chi connectivity index (χ0v) is 15.3. The van der Waals surface area contributed by atoms with Gasteiger partial charge in [-0.25, -0.2) is 4.79 Å². The third kappa shape index (κ3) is 5.26. The number of carbonyl (C=O) groups excluding carboxylic acids is 1. The Morgan fingerprint density at radius 1 is 1.08 bits per heavy atom. The van der Waals surface area contributed by atoms with Crippen LogP contribution in [0.25, 0.3) is 0 Å². The molecule has 25 heavy (non-hydrogen) atoms. The van der Waals surface area contributed by atoms with Gasteiger partial charge in [0, 0.05) is 22.2 Å². The molecule has 2 aromatic rings. The van der Waals surface area contributed by atoms with E-state index in [2.05, 4.69) is 5.32 Å².